The molecule has 0 aliphatic carbocycles. The minimum Gasteiger partial charge on any atom is -0.459 e. The molecule has 3 aliphatic rings. The van der Waals surface area contributed by atoms with Crippen molar-refractivity contribution in [2.45, 2.75) is 179 Å². The molecule has 3 heterocycles. The molecule has 3 saturated heterocycles. The molecule has 0 aromatic rings. The molecule has 0 aromatic heterocycles. The maximum absolute atomic E-state index is 14.5. The van der Waals surface area contributed by atoms with Crippen molar-refractivity contribution in [3.63, 3.8) is 0 Å². The van der Waals surface area contributed by atoms with Gasteiger partial charge < -0.3 is 72.8 Å². The van der Waals surface area contributed by atoms with Crippen LogP contribution in [0.25, 0.3) is 0 Å². The van der Waals surface area contributed by atoms with E-state index in [9.17, 15) is 25.2 Å². The predicted octanol–water partition coefficient (Wildman–Crippen LogP) is 2.86. The zero-order valence-corrected chi connectivity index (χ0v) is 38.3. The summed E-state index contributed by atoms with van der Waals surface area (Å²) in [6, 6.07) is -0.315. The highest BCUT2D eigenvalue weighted by Gasteiger charge is 2.53. The van der Waals surface area contributed by atoms with E-state index < -0.39 is 102 Å². The molecule has 0 saturated carbocycles. The summed E-state index contributed by atoms with van der Waals surface area (Å²) in [6.45, 7) is 18.0. The van der Waals surface area contributed by atoms with Crippen molar-refractivity contribution >= 4 is 11.7 Å². The third-order valence-corrected chi connectivity index (χ3v) is 12.8. The highest BCUT2D eigenvalue weighted by molar-refractivity contribution is 5.88. The Balaban J connectivity index is 2.24. The minimum absolute atomic E-state index is 0.0286. The monoisotopic (exact) mass is 851 g/mol. The fourth-order valence-electron chi connectivity index (χ4n) is 9.36. The molecule has 0 radical (unpaired) electrons. The third kappa shape index (κ3) is 12.5. The first-order chi connectivity index (χ1) is 27.5. The molecule has 346 valence electrons. The Morgan fingerprint density at radius 3 is 2.14 bits per heavy atom. The van der Waals surface area contributed by atoms with Gasteiger partial charge in [0.1, 0.15) is 23.9 Å². The molecule has 0 unspecified atom stereocenters. The van der Waals surface area contributed by atoms with E-state index in [0.717, 1.165) is 0 Å². The molecular weight excluding hydrogens is 772 g/mol. The van der Waals surface area contributed by atoms with Crippen LogP contribution in [0.3, 0.4) is 0 Å². The van der Waals surface area contributed by atoms with E-state index in [1.54, 1.807) is 55.6 Å². The maximum atomic E-state index is 14.5. The molecule has 3 fully saturated rings. The Morgan fingerprint density at radius 2 is 1.56 bits per heavy atom. The molecule has 59 heavy (non-hydrogen) atoms. The van der Waals surface area contributed by atoms with Gasteiger partial charge in [0.05, 0.1) is 66.6 Å². The smallest absolute Gasteiger partial charge is 0.311 e. The Kier molecular flexibility index (Phi) is 19.4. The van der Waals surface area contributed by atoms with E-state index in [4.69, 9.17) is 47.5 Å². The molecule has 17 nitrogen and oxygen atoms in total. The summed E-state index contributed by atoms with van der Waals surface area (Å²) in [4.78, 5) is 22.0. The van der Waals surface area contributed by atoms with Crippen molar-refractivity contribution in [1.82, 2.24) is 4.90 Å². The number of cyclic esters (lactones) is 1. The molecule has 0 aromatic carbocycles. The molecule has 0 bridgehead atoms. The number of esters is 1. The number of methoxy groups -OCH3 is 3. The summed E-state index contributed by atoms with van der Waals surface area (Å²) in [5.74, 6) is -3.70. The summed E-state index contributed by atoms with van der Waals surface area (Å²) in [5, 5.41) is 52.3. The lowest BCUT2D eigenvalue weighted by Gasteiger charge is -2.49. The highest BCUT2D eigenvalue weighted by atomic mass is 16.7. The van der Waals surface area contributed by atoms with Gasteiger partial charge in [-0.15, -0.1) is 0 Å². The number of hydrogen-bond acceptors (Lipinski definition) is 17. The quantitative estimate of drug-likeness (QED) is 0.0859. The number of rotatable bonds is 14. The van der Waals surface area contributed by atoms with Crippen LogP contribution in [0.4, 0.5) is 0 Å². The first-order valence-corrected chi connectivity index (χ1v) is 21.1. The van der Waals surface area contributed by atoms with Crippen molar-refractivity contribution < 1.29 is 72.7 Å². The van der Waals surface area contributed by atoms with Crippen molar-refractivity contribution in [3.05, 3.63) is 0 Å². The summed E-state index contributed by atoms with van der Waals surface area (Å²) >= 11 is 0. The van der Waals surface area contributed by atoms with Gasteiger partial charge in [0.2, 0.25) is 6.79 Å². The SMILES string of the molecule is CC[C@H]1OC(=O)[C@H](C)[C@@H](O[C@H]2C[C@@](C)(OC)[C@@H](O)[C@H](C)O2)[C@H](C)[C@@H](O[C@@H]2O[C@H](C)C[C@H](N(C)C)[C@H]2O)[C@](C)(O)C[C@@H](C)/C(=N\OCOCCOC)[C@H](C)[C@@H](OC)[C@]1(C)O. The van der Waals surface area contributed by atoms with E-state index >= 15 is 0 Å². The second kappa shape index (κ2) is 22.2. The molecule has 3 aliphatic heterocycles. The summed E-state index contributed by atoms with van der Waals surface area (Å²) < 4.78 is 54.5. The number of oxime groups is 1. The van der Waals surface area contributed by atoms with Gasteiger partial charge in [0, 0.05) is 51.5 Å². The van der Waals surface area contributed by atoms with Crippen molar-refractivity contribution in [3.8, 4) is 0 Å². The fourth-order valence-corrected chi connectivity index (χ4v) is 9.36. The van der Waals surface area contributed by atoms with Gasteiger partial charge in [-0.1, -0.05) is 32.9 Å². The first-order valence-electron chi connectivity index (χ1n) is 21.1. The van der Waals surface area contributed by atoms with Crippen LogP contribution < -0.4 is 0 Å². The van der Waals surface area contributed by atoms with Crippen LogP contribution in [0.2, 0.25) is 0 Å². The molecule has 4 N–H and O–H groups in total. The van der Waals surface area contributed by atoms with Gasteiger partial charge in [-0.25, -0.2) is 0 Å². The Labute approximate surface area is 352 Å². The first kappa shape index (κ1) is 51.8. The van der Waals surface area contributed by atoms with Crippen LogP contribution in [0.5, 0.6) is 0 Å². The van der Waals surface area contributed by atoms with Gasteiger partial charge in [0.15, 0.2) is 12.6 Å². The van der Waals surface area contributed by atoms with Crippen LogP contribution in [-0.2, 0) is 52.3 Å². The average molecular weight is 851 g/mol. The number of aliphatic hydroxyl groups is 4. The zero-order valence-electron chi connectivity index (χ0n) is 38.3. The largest absolute Gasteiger partial charge is 0.459 e. The van der Waals surface area contributed by atoms with Gasteiger partial charge in [0.25, 0.3) is 0 Å². The van der Waals surface area contributed by atoms with E-state index in [2.05, 4.69) is 5.16 Å². The van der Waals surface area contributed by atoms with Gasteiger partial charge in [-0.2, -0.15) is 0 Å². The molecule has 17 heteroatoms. The second-order valence-corrected chi connectivity index (χ2v) is 17.9. The second-order valence-electron chi connectivity index (χ2n) is 17.9. The van der Waals surface area contributed by atoms with Crippen LogP contribution in [0.1, 0.15) is 94.9 Å². The fraction of sp³-hybridized carbons (Fsp3) is 0.952. The number of hydrogen-bond donors (Lipinski definition) is 4. The minimum atomic E-state index is -1.74. The lowest BCUT2D eigenvalue weighted by atomic mass is 9.73. The summed E-state index contributed by atoms with van der Waals surface area (Å²) in [5.41, 5.74) is -4.07. The van der Waals surface area contributed by atoms with Crippen molar-refractivity contribution in [2.24, 2.45) is 28.8 Å². The summed E-state index contributed by atoms with van der Waals surface area (Å²) in [7, 11) is 8.28. The van der Waals surface area contributed by atoms with Crippen molar-refractivity contribution in [1.29, 1.82) is 0 Å². The lowest BCUT2D eigenvalue weighted by molar-refractivity contribution is -0.318. The van der Waals surface area contributed by atoms with Gasteiger partial charge in [-0.3, -0.25) is 4.79 Å². The topological polar surface area (TPSA) is 206 Å². The van der Waals surface area contributed by atoms with Crippen LogP contribution in [-0.4, -0.2) is 177 Å². The molecule has 0 amide bonds. The van der Waals surface area contributed by atoms with Crippen LogP contribution >= 0.6 is 0 Å². The average Bonchev–Trinajstić information content (AvgIpc) is 3.16. The Hall–Kier alpha value is -1.58. The normalized spacial score (nSPS) is 45.3. The van der Waals surface area contributed by atoms with Crippen LogP contribution in [0.15, 0.2) is 5.16 Å². The number of carbonyl (C=O) groups is 1. The number of aliphatic hydroxyl groups excluding tert-OH is 2. The van der Waals surface area contributed by atoms with Crippen molar-refractivity contribution in [2.75, 3.05) is 55.4 Å². The maximum Gasteiger partial charge on any atom is 0.311 e. The number of nitrogens with zero attached hydrogens (tertiary/aromatic N) is 2. The van der Waals surface area contributed by atoms with E-state index in [1.165, 1.54) is 14.2 Å². The summed E-state index contributed by atoms with van der Waals surface area (Å²) in [6.07, 6.45) is -8.48. The highest BCUT2D eigenvalue weighted by Crippen LogP contribution is 2.41. The van der Waals surface area contributed by atoms with Gasteiger partial charge >= 0.3 is 5.97 Å². The number of likely N-dealkylation sites (N-methyl/N-ethyl adjacent to an activating group) is 1. The molecule has 18 atom stereocenters. The molecule has 0 spiro atoms. The lowest BCUT2D eigenvalue weighted by Crippen LogP contribution is -2.61. The van der Waals surface area contributed by atoms with E-state index in [0.29, 0.717) is 18.7 Å². The molecular formula is C42H78N2O15. The molecule has 3 rings (SSSR count). The number of carbonyl (C=O) groups excluding carboxylic acids is 1. The standard InChI is InChI=1S/C42H78N2O15/c1-16-30-42(10,49)37(51-14)25(4)32(43-54-22-53-18-17-50-13)23(2)20-40(8,48)36(59-39-33(45)29(44(11)12)19-24(3)55-39)26(5)34(27(6)38(47)57-30)58-31-21-41(9,52-15)35(46)28(7)56-31/h23-31,33-37,39,45-46,48-49H,16-22H2,1-15H3/b43-32+/t23-,24-,25+,26+,27-,28+,29+,30-,31+,33-,34+,35+,36-,37-,39+,40-,41-,42-/m1/s1. The van der Waals surface area contributed by atoms with Crippen LogP contribution in [0, 0.1) is 23.7 Å². The Morgan fingerprint density at radius 1 is 0.898 bits per heavy atom. The van der Waals surface area contributed by atoms with Gasteiger partial charge in [-0.05, 0) is 74.9 Å². The predicted molar refractivity (Wildman–Crippen MR) is 217 cm³/mol. The zero-order chi connectivity index (χ0) is 44.6. The van der Waals surface area contributed by atoms with E-state index in [1.807, 2.05) is 39.8 Å². The van der Waals surface area contributed by atoms with E-state index in [-0.39, 0.29) is 44.8 Å². The number of ether oxygens (including phenoxy) is 9. The Bertz CT molecular complexity index is 1320. The third-order valence-electron chi connectivity index (χ3n) is 12.8.